The molecule has 0 saturated heterocycles. The van der Waals surface area contributed by atoms with Crippen molar-refractivity contribution in [2.24, 2.45) is 0 Å². The first-order valence-electron chi connectivity index (χ1n) is 6.62. The highest BCUT2D eigenvalue weighted by molar-refractivity contribution is 5.44. The molecular formula is C14H18F3NO3. The van der Waals surface area contributed by atoms with E-state index in [9.17, 15) is 18.3 Å². The molecule has 0 spiro atoms. The van der Waals surface area contributed by atoms with Crippen molar-refractivity contribution in [2.45, 2.75) is 31.5 Å². The molecule has 4 nitrogen and oxygen atoms in total. The smallest absolute Gasteiger partial charge is 0.401 e. The normalized spacial score (nSPS) is 16.8. The number of rotatable bonds is 6. The molecule has 7 heteroatoms. The minimum absolute atomic E-state index is 0.181. The van der Waals surface area contributed by atoms with Crippen LogP contribution in [0.4, 0.5) is 13.2 Å². The van der Waals surface area contributed by atoms with Crippen LogP contribution in [0, 0.1) is 0 Å². The number of hydrogen-bond acceptors (Lipinski definition) is 4. The van der Waals surface area contributed by atoms with Crippen LogP contribution in [0.2, 0.25) is 0 Å². The quantitative estimate of drug-likeness (QED) is 0.846. The van der Waals surface area contributed by atoms with Gasteiger partial charge in [0.05, 0.1) is 13.2 Å². The van der Waals surface area contributed by atoms with Gasteiger partial charge < -0.3 is 19.9 Å². The molecule has 1 aliphatic heterocycles. The summed E-state index contributed by atoms with van der Waals surface area (Å²) in [6.07, 6.45) is -3.40. The van der Waals surface area contributed by atoms with Crippen molar-refractivity contribution in [1.82, 2.24) is 5.32 Å². The van der Waals surface area contributed by atoms with Crippen LogP contribution in [0.15, 0.2) is 18.2 Å². The van der Waals surface area contributed by atoms with Crippen molar-refractivity contribution in [3.63, 3.8) is 0 Å². The number of nitrogens with one attached hydrogen (secondary N) is 1. The van der Waals surface area contributed by atoms with Crippen LogP contribution in [0.5, 0.6) is 11.5 Å². The van der Waals surface area contributed by atoms with Gasteiger partial charge in [-0.3, -0.25) is 0 Å². The van der Waals surface area contributed by atoms with Gasteiger partial charge in [0.15, 0.2) is 11.5 Å². The second kappa shape index (κ2) is 6.11. The van der Waals surface area contributed by atoms with Crippen molar-refractivity contribution >= 4 is 0 Å². The third kappa shape index (κ3) is 4.50. The first-order valence-corrected chi connectivity index (χ1v) is 6.62. The number of fused-ring (bicyclic) bond motifs is 1. The summed E-state index contributed by atoms with van der Waals surface area (Å²) >= 11 is 0. The van der Waals surface area contributed by atoms with Gasteiger partial charge in [0.2, 0.25) is 6.79 Å². The maximum Gasteiger partial charge on any atom is 0.401 e. The highest BCUT2D eigenvalue weighted by atomic mass is 19.4. The van der Waals surface area contributed by atoms with E-state index in [1.807, 2.05) is 12.1 Å². The number of benzene rings is 1. The fourth-order valence-corrected chi connectivity index (χ4v) is 2.05. The zero-order valence-electron chi connectivity index (χ0n) is 11.7. The Balaban J connectivity index is 1.93. The molecule has 1 atom stereocenters. The van der Waals surface area contributed by atoms with Crippen molar-refractivity contribution in [3.05, 3.63) is 23.8 Å². The van der Waals surface area contributed by atoms with Gasteiger partial charge in [-0.05, 0) is 37.5 Å². The molecule has 2 N–H and O–H groups in total. The Hall–Kier alpha value is -1.47. The third-order valence-electron chi connectivity index (χ3n) is 3.47. The maximum absolute atomic E-state index is 12.3. The molecule has 0 fully saturated rings. The predicted molar refractivity (Wildman–Crippen MR) is 70.4 cm³/mol. The van der Waals surface area contributed by atoms with Gasteiger partial charge in [-0.2, -0.15) is 13.2 Å². The molecule has 2 rings (SSSR count). The summed E-state index contributed by atoms with van der Waals surface area (Å²) in [5.41, 5.74) is -0.0564. The van der Waals surface area contributed by atoms with Crippen LogP contribution in [0.3, 0.4) is 0 Å². The van der Waals surface area contributed by atoms with Crippen molar-refractivity contribution in [3.8, 4) is 11.5 Å². The number of hydrogen-bond donors (Lipinski definition) is 2. The monoisotopic (exact) mass is 305 g/mol. The zero-order valence-corrected chi connectivity index (χ0v) is 11.7. The third-order valence-corrected chi connectivity index (χ3v) is 3.47. The van der Waals surface area contributed by atoms with Crippen LogP contribution < -0.4 is 14.8 Å². The lowest BCUT2D eigenvalue weighted by Crippen LogP contribution is -2.49. The molecule has 1 unspecified atom stereocenters. The Kier molecular flexibility index (Phi) is 4.63. The zero-order chi connectivity index (χ0) is 15.5. The molecule has 0 bridgehead atoms. The van der Waals surface area contributed by atoms with E-state index in [0.29, 0.717) is 24.3 Å². The molecule has 0 amide bonds. The second-order valence-electron chi connectivity index (χ2n) is 5.38. The average molecular weight is 305 g/mol. The number of halogens is 3. The van der Waals surface area contributed by atoms with E-state index in [2.05, 4.69) is 5.32 Å². The van der Waals surface area contributed by atoms with Gasteiger partial charge in [-0.25, -0.2) is 0 Å². The summed E-state index contributed by atoms with van der Waals surface area (Å²) in [6, 6.07) is 5.43. The summed E-state index contributed by atoms with van der Waals surface area (Å²) in [6.45, 7) is 0.269. The average Bonchev–Trinajstić information content (AvgIpc) is 2.90. The highest BCUT2D eigenvalue weighted by Gasteiger charge is 2.32. The topological polar surface area (TPSA) is 50.7 Å². The Bertz CT molecular complexity index is 493. The molecule has 1 aromatic rings. The van der Waals surface area contributed by atoms with Crippen LogP contribution in [0.1, 0.15) is 18.9 Å². The van der Waals surface area contributed by atoms with Gasteiger partial charge in [-0.15, -0.1) is 0 Å². The Morgan fingerprint density at radius 3 is 2.62 bits per heavy atom. The van der Waals surface area contributed by atoms with Gasteiger partial charge in [0.1, 0.15) is 0 Å². The van der Waals surface area contributed by atoms with E-state index < -0.39 is 18.3 Å². The van der Waals surface area contributed by atoms with E-state index >= 15 is 0 Å². The SMILES string of the molecule is CC(CO)(CCc1ccc2c(c1)OCO2)NCC(F)(F)F. The first-order chi connectivity index (χ1) is 9.81. The minimum Gasteiger partial charge on any atom is -0.454 e. The van der Waals surface area contributed by atoms with E-state index in [1.165, 1.54) is 0 Å². The lowest BCUT2D eigenvalue weighted by molar-refractivity contribution is -0.129. The van der Waals surface area contributed by atoms with Crippen molar-refractivity contribution in [2.75, 3.05) is 19.9 Å². The molecule has 0 saturated carbocycles. The molecule has 21 heavy (non-hydrogen) atoms. The summed E-state index contributed by atoms with van der Waals surface area (Å²) < 4.78 is 47.2. The standard InChI is InChI=1S/C14H18F3NO3/c1-13(8-19,18-7-14(15,16)17)5-4-10-2-3-11-12(6-10)21-9-20-11/h2-3,6,18-19H,4-5,7-9H2,1H3. The fraction of sp³-hybridized carbons (Fsp3) is 0.571. The molecule has 1 heterocycles. The van der Waals surface area contributed by atoms with E-state index in [1.54, 1.807) is 13.0 Å². The van der Waals surface area contributed by atoms with Crippen LogP contribution in [-0.4, -0.2) is 36.8 Å². The first kappa shape index (κ1) is 15.9. The van der Waals surface area contributed by atoms with Gasteiger partial charge in [0, 0.05) is 5.54 Å². The maximum atomic E-state index is 12.3. The Morgan fingerprint density at radius 1 is 1.24 bits per heavy atom. The molecule has 0 aliphatic carbocycles. The lowest BCUT2D eigenvalue weighted by Gasteiger charge is -2.29. The number of ether oxygens (including phenoxy) is 2. The van der Waals surface area contributed by atoms with Gasteiger partial charge in [0.25, 0.3) is 0 Å². The van der Waals surface area contributed by atoms with Crippen LogP contribution >= 0.6 is 0 Å². The van der Waals surface area contributed by atoms with Gasteiger partial charge >= 0.3 is 6.18 Å². The van der Waals surface area contributed by atoms with E-state index in [-0.39, 0.29) is 13.4 Å². The Morgan fingerprint density at radius 2 is 1.95 bits per heavy atom. The summed E-state index contributed by atoms with van der Waals surface area (Å²) in [7, 11) is 0. The van der Waals surface area contributed by atoms with Crippen molar-refractivity contribution in [1.29, 1.82) is 0 Å². The molecule has 1 aromatic carbocycles. The summed E-state index contributed by atoms with van der Waals surface area (Å²) in [4.78, 5) is 0. The summed E-state index contributed by atoms with van der Waals surface area (Å²) in [5, 5.41) is 11.7. The predicted octanol–water partition coefficient (Wildman–Crippen LogP) is 2.25. The number of aliphatic hydroxyl groups is 1. The van der Waals surface area contributed by atoms with Gasteiger partial charge in [-0.1, -0.05) is 6.07 Å². The molecule has 1 aliphatic rings. The minimum atomic E-state index is -4.30. The number of alkyl halides is 3. The number of aliphatic hydroxyl groups excluding tert-OH is 1. The Labute approximate surface area is 120 Å². The second-order valence-corrected chi connectivity index (χ2v) is 5.38. The number of aryl methyl sites for hydroxylation is 1. The molecule has 118 valence electrons. The molecule has 0 radical (unpaired) electrons. The van der Waals surface area contributed by atoms with Crippen LogP contribution in [0.25, 0.3) is 0 Å². The lowest BCUT2D eigenvalue weighted by atomic mass is 9.94. The largest absolute Gasteiger partial charge is 0.454 e. The molecule has 0 aromatic heterocycles. The van der Waals surface area contributed by atoms with E-state index in [4.69, 9.17) is 9.47 Å². The summed E-state index contributed by atoms with van der Waals surface area (Å²) in [5.74, 6) is 1.31. The van der Waals surface area contributed by atoms with Crippen molar-refractivity contribution < 1.29 is 27.8 Å². The molecular weight excluding hydrogens is 287 g/mol. The van der Waals surface area contributed by atoms with Crippen LogP contribution in [-0.2, 0) is 6.42 Å². The van der Waals surface area contributed by atoms with E-state index in [0.717, 1.165) is 5.56 Å². The highest BCUT2D eigenvalue weighted by Crippen LogP contribution is 2.33. The fourth-order valence-electron chi connectivity index (χ4n) is 2.05.